The Labute approximate surface area is 106 Å². The van der Waals surface area contributed by atoms with Gasteiger partial charge in [0, 0.05) is 30.7 Å². The van der Waals surface area contributed by atoms with Crippen LogP contribution in [0.5, 0.6) is 0 Å². The van der Waals surface area contributed by atoms with Gasteiger partial charge in [0.1, 0.15) is 0 Å². The second kappa shape index (κ2) is 8.03. The van der Waals surface area contributed by atoms with Crippen molar-refractivity contribution in [2.45, 2.75) is 19.8 Å². The summed E-state index contributed by atoms with van der Waals surface area (Å²) >= 11 is 1.63. The Hall–Kier alpha value is -1.13. The molecule has 0 spiro atoms. The number of carbonyl (C=O) groups excluding carboxylic acids is 1. The van der Waals surface area contributed by atoms with Gasteiger partial charge in [-0.25, -0.2) is 0 Å². The summed E-state index contributed by atoms with van der Waals surface area (Å²) in [6, 6.07) is 3.98. The molecule has 0 saturated carbocycles. The molecule has 0 unspecified atom stereocenters. The summed E-state index contributed by atoms with van der Waals surface area (Å²) in [4.78, 5) is 12.8. The van der Waals surface area contributed by atoms with Gasteiger partial charge in [0.2, 0.25) is 5.91 Å². The predicted octanol–water partition coefficient (Wildman–Crippen LogP) is 2.69. The van der Waals surface area contributed by atoms with E-state index in [9.17, 15) is 4.79 Å². The summed E-state index contributed by atoms with van der Waals surface area (Å²) < 4.78 is 4.94. The van der Waals surface area contributed by atoms with Gasteiger partial charge in [-0.2, -0.15) is 0 Å². The lowest BCUT2D eigenvalue weighted by Gasteiger charge is -2.04. The van der Waals surface area contributed by atoms with Gasteiger partial charge in [-0.15, -0.1) is 11.3 Å². The van der Waals surface area contributed by atoms with E-state index in [1.807, 2.05) is 30.5 Å². The van der Waals surface area contributed by atoms with E-state index in [-0.39, 0.29) is 5.91 Å². The molecule has 0 aliphatic rings. The van der Waals surface area contributed by atoms with Crippen LogP contribution < -0.4 is 5.32 Å². The molecule has 1 rings (SSSR count). The molecule has 0 aliphatic heterocycles. The van der Waals surface area contributed by atoms with E-state index in [0.717, 1.165) is 29.9 Å². The van der Waals surface area contributed by atoms with Crippen LogP contribution in [0, 0.1) is 0 Å². The van der Waals surface area contributed by atoms with Crippen molar-refractivity contribution >= 4 is 23.3 Å². The van der Waals surface area contributed by atoms with E-state index < -0.39 is 0 Å². The molecule has 0 atom stereocenters. The Balaban J connectivity index is 2.27. The van der Waals surface area contributed by atoms with Crippen molar-refractivity contribution in [3.63, 3.8) is 0 Å². The molecule has 94 valence electrons. The van der Waals surface area contributed by atoms with Gasteiger partial charge in [0.15, 0.2) is 0 Å². The van der Waals surface area contributed by atoms with Gasteiger partial charge < -0.3 is 10.1 Å². The van der Waals surface area contributed by atoms with Crippen molar-refractivity contribution in [1.29, 1.82) is 0 Å². The number of hydrogen-bond acceptors (Lipinski definition) is 3. The fourth-order valence-electron chi connectivity index (χ4n) is 1.37. The van der Waals surface area contributed by atoms with Gasteiger partial charge >= 0.3 is 0 Å². The molecule has 1 aromatic heterocycles. The Kier molecular flexibility index (Phi) is 6.58. The van der Waals surface area contributed by atoms with Crippen LogP contribution in [0.4, 0.5) is 0 Å². The minimum absolute atomic E-state index is 0.0100. The number of ether oxygens (including phenoxy) is 1. The largest absolute Gasteiger partial charge is 0.385 e. The fourth-order valence-corrected chi connectivity index (χ4v) is 2.08. The highest BCUT2D eigenvalue weighted by Gasteiger charge is 2.03. The molecule has 1 amide bonds. The molecule has 0 aliphatic carbocycles. The summed E-state index contributed by atoms with van der Waals surface area (Å²) in [5.41, 5.74) is 0.749. The first-order valence-electron chi connectivity index (χ1n) is 5.73. The van der Waals surface area contributed by atoms with Crippen LogP contribution in [-0.2, 0) is 9.53 Å². The molecule has 0 aromatic carbocycles. The molecule has 1 aromatic rings. The lowest BCUT2D eigenvalue weighted by Crippen LogP contribution is -2.25. The summed E-state index contributed by atoms with van der Waals surface area (Å²) in [7, 11) is 1.69. The first-order valence-corrected chi connectivity index (χ1v) is 6.61. The Morgan fingerprint density at radius 1 is 1.53 bits per heavy atom. The molecule has 17 heavy (non-hydrogen) atoms. The number of methoxy groups -OCH3 is 1. The zero-order chi connectivity index (χ0) is 12.5. The molecule has 0 saturated heterocycles. The molecule has 0 bridgehead atoms. The highest BCUT2D eigenvalue weighted by atomic mass is 32.1. The lowest BCUT2D eigenvalue weighted by molar-refractivity contribution is -0.117. The van der Waals surface area contributed by atoms with Crippen LogP contribution in [-0.4, -0.2) is 26.2 Å². The number of amides is 1. The molecular formula is C13H19NO2S. The number of hydrogen-bond donors (Lipinski definition) is 1. The third-order valence-electron chi connectivity index (χ3n) is 2.32. The molecule has 0 radical (unpaired) electrons. The molecule has 1 N–H and O–H groups in total. The first-order chi connectivity index (χ1) is 8.24. The minimum Gasteiger partial charge on any atom is -0.385 e. The van der Waals surface area contributed by atoms with E-state index in [4.69, 9.17) is 4.74 Å². The minimum atomic E-state index is 0.0100. The monoisotopic (exact) mass is 253 g/mol. The van der Waals surface area contributed by atoms with Crippen molar-refractivity contribution in [1.82, 2.24) is 5.32 Å². The highest BCUT2D eigenvalue weighted by molar-refractivity contribution is 7.10. The van der Waals surface area contributed by atoms with Crippen LogP contribution in [0.1, 0.15) is 24.6 Å². The third kappa shape index (κ3) is 5.65. The van der Waals surface area contributed by atoms with Gasteiger partial charge in [-0.3, -0.25) is 4.79 Å². The van der Waals surface area contributed by atoms with E-state index in [2.05, 4.69) is 5.32 Å². The van der Waals surface area contributed by atoms with Crippen LogP contribution in [0.2, 0.25) is 0 Å². The van der Waals surface area contributed by atoms with Crippen LogP contribution in [0.15, 0.2) is 23.1 Å². The molecule has 1 heterocycles. The summed E-state index contributed by atoms with van der Waals surface area (Å²) in [6.45, 7) is 3.29. The second-order valence-corrected chi connectivity index (χ2v) is 4.78. The zero-order valence-electron chi connectivity index (χ0n) is 10.4. The fraction of sp³-hybridized carbons (Fsp3) is 0.462. The van der Waals surface area contributed by atoms with Crippen LogP contribution in [0.3, 0.4) is 0 Å². The number of nitrogens with one attached hydrogen (secondary N) is 1. The maximum atomic E-state index is 11.7. The second-order valence-electron chi connectivity index (χ2n) is 3.80. The Bertz CT molecular complexity index is 358. The van der Waals surface area contributed by atoms with Crippen LogP contribution in [0.25, 0.3) is 6.08 Å². The predicted molar refractivity (Wildman–Crippen MR) is 72.1 cm³/mol. The average Bonchev–Trinajstić information content (AvgIpc) is 2.81. The number of carbonyl (C=O) groups is 1. The summed E-state index contributed by atoms with van der Waals surface area (Å²) in [6.07, 6.45) is 3.84. The first kappa shape index (κ1) is 13.9. The molecular weight excluding hydrogens is 234 g/mol. The zero-order valence-corrected chi connectivity index (χ0v) is 11.2. The van der Waals surface area contributed by atoms with Crippen molar-refractivity contribution in [2.24, 2.45) is 0 Å². The maximum absolute atomic E-state index is 11.7. The van der Waals surface area contributed by atoms with E-state index in [1.165, 1.54) is 0 Å². The quantitative estimate of drug-likeness (QED) is 0.599. The summed E-state index contributed by atoms with van der Waals surface area (Å²) in [5.74, 6) is 0.0100. The van der Waals surface area contributed by atoms with Crippen molar-refractivity contribution in [2.75, 3.05) is 20.3 Å². The third-order valence-corrected chi connectivity index (χ3v) is 3.14. The summed E-state index contributed by atoms with van der Waals surface area (Å²) in [5, 5.41) is 4.90. The van der Waals surface area contributed by atoms with Gasteiger partial charge in [-0.1, -0.05) is 6.07 Å². The smallest absolute Gasteiger partial charge is 0.246 e. The van der Waals surface area contributed by atoms with E-state index >= 15 is 0 Å². The van der Waals surface area contributed by atoms with Gasteiger partial charge in [0.05, 0.1) is 0 Å². The Morgan fingerprint density at radius 2 is 2.35 bits per heavy atom. The van der Waals surface area contributed by atoms with Crippen molar-refractivity contribution < 1.29 is 9.53 Å². The molecule has 0 fully saturated rings. The molecule has 3 nitrogen and oxygen atoms in total. The van der Waals surface area contributed by atoms with E-state index in [0.29, 0.717) is 6.54 Å². The molecule has 4 heteroatoms. The Morgan fingerprint density at radius 3 is 3.00 bits per heavy atom. The average molecular weight is 253 g/mol. The van der Waals surface area contributed by atoms with Gasteiger partial charge in [0.25, 0.3) is 0 Å². The topological polar surface area (TPSA) is 38.3 Å². The van der Waals surface area contributed by atoms with Crippen molar-refractivity contribution in [3.8, 4) is 0 Å². The SMILES string of the molecule is COCCCCNC(=O)/C(C)=C/c1cccs1. The normalized spacial score (nSPS) is 11.5. The van der Waals surface area contributed by atoms with Crippen molar-refractivity contribution in [3.05, 3.63) is 28.0 Å². The number of thiophene rings is 1. The number of rotatable bonds is 7. The van der Waals surface area contributed by atoms with E-state index in [1.54, 1.807) is 18.4 Å². The van der Waals surface area contributed by atoms with Crippen LogP contribution >= 0.6 is 11.3 Å². The lowest BCUT2D eigenvalue weighted by atomic mass is 10.2. The highest BCUT2D eigenvalue weighted by Crippen LogP contribution is 2.13. The van der Waals surface area contributed by atoms with Gasteiger partial charge in [-0.05, 0) is 37.3 Å². The standard InChI is InChI=1S/C13H19NO2S/c1-11(10-12-6-5-9-17-12)13(15)14-7-3-4-8-16-2/h5-6,9-10H,3-4,7-8H2,1-2H3,(H,14,15)/b11-10+. The number of unbranched alkanes of at least 4 members (excludes halogenated alkanes) is 1. The maximum Gasteiger partial charge on any atom is 0.246 e.